The van der Waals surface area contributed by atoms with E-state index in [4.69, 9.17) is 11.6 Å². The average molecular weight is 317 g/mol. The van der Waals surface area contributed by atoms with Crippen molar-refractivity contribution in [2.45, 2.75) is 38.1 Å². The summed E-state index contributed by atoms with van der Waals surface area (Å²) in [5.74, 6) is 0.723. The molecule has 0 saturated heterocycles. The Morgan fingerprint density at radius 1 is 1.29 bits per heavy atom. The second kappa shape index (κ2) is 6.21. The second-order valence-electron chi connectivity index (χ2n) is 4.81. The van der Waals surface area contributed by atoms with Crippen molar-refractivity contribution in [3.8, 4) is 0 Å². The summed E-state index contributed by atoms with van der Waals surface area (Å²) in [6.07, 6.45) is 6.73. The molecule has 0 radical (unpaired) electrons. The molecule has 3 heteroatoms. The van der Waals surface area contributed by atoms with Gasteiger partial charge in [-0.1, -0.05) is 43.0 Å². The van der Waals surface area contributed by atoms with Crippen LogP contribution < -0.4 is 5.32 Å². The zero-order valence-corrected chi connectivity index (χ0v) is 12.5. The molecule has 1 aliphatic carbocycles. The standard InChI is InChI=1S/C14H19BrClN/c1-17-14(10-6-3-2-4-7-10)11-8-5-9-12(15)13(11)16/h5,8-10,14,17H,2-4,6-7H2,1H3. The molecule has 1 N–H and O–H groups in total. The van der Waals surface area contributed by atoms with Gasteiger partial charge in [0, 0.05) is 10.5 Å². The first-order valence-corrected chi connectivity index (χ1v) is 7.52. The van der Waals surface area contributed by atoms with Gasteiger partial charge in [-0.05, 0) is 53.4 Å². The molecular formula is C14H19BrClN. The fourth-order valence-corrected chi connectivity index (χ4v) is 3.50. The Morgan fingerprint density at radius 3 is 2.65 bits per heavy atom. The van der Waals surface area contributed by atoms with Gasteiger partial charge in [0.05, 0.1) is 5.02 Å². The van der Waals surface area contributed by atoms with E-state index in [0.717, 1.165) is 15.4 Å². The van der Waals surface area contributed by atoms with E-state index in [2.05, 4.69) is 33.4 Å². The summed E-state index contributed by atoms with van der Waals surface area (Å²) in [4.78, 5) is 0. The predicted molar refractivity (Wildman–Crippen MR) is 77.5 cm³/mol. The highest BCUT2D eigenvalue weighted by Crippen LogP contribution is 2.38. The van der Waals surface area contributed by atoms with Crippen LogP contribution in [0.1, 0.15) is 43.7 Å². The Kier molecular flexibility index (Phi) is 4.89. The Hall–Kier alpha value is -0.0500. The van der Waals surface area contributed by atoms with Gasteiger partial charge in [0.15, 0.2) is 0 Å². The van der Waals surface area contributed by atoms with Crippen molar-refractivity contribution in [1.82, 2.24) is 5.32 Å². The third kappa shape index (κ3) is 3.04. The van der Waals surface area contributed by atoms with Gasteiger partial charge in [-0.3, -0.25) is 0 Å². The molecule has 1 fully saturated rings. The van der Waals surface area contributed by atoms with Crippen LogP contribution in [0, 0.1) is 5.92 Å². The van der Waals surface area contributed by atoms with Crippen LogP contribution >= 0.6 is 27.5 Å². The molecular weight excluding hydrogens is 298 g/mol. The van der Waals surface area contributed by atoms with Crippen LogP contribution in [0.3, 0.4) is 0 Å². The molecule has 0 heterocycles. The van der Waals surface area contributed by atoms with Crippen molar-refractivity contribution in [2.24, 2.45) is 5.92 Å². The van der Waals surface area contributed by atoms with Gasteiger partial charge in [0.25, 0.3) is 0 Å². The molecule has 1 saturated carbocycles. The Balaban J connectivity index is 2.24. The van der Waals surface area contributed by atoms with Crippen molar-refractivity contribution in [2.75, 3.05) is 7.05 Å². The quantitative estimate of drug-likeness (QED) is 0.832. The third-order valence-corrected chi connectivity index (χ3v) is 5.06. The number of halogens is 2. The largest absolute Gasteiger partial charge is 0.313 e. The summed E-state index contributed by atoms with van der Waals surface area (Å²) in [6.45, 7) is 0. The zero-order valence-electron chi connectivity index (χ0n) is 10.2. The van der Waals surface area contributed by atoms with Crippen molar-refractivity contribution < 1.29 is 0 Å². The minimum Gasteiger partial charge on any atom is -0.313 e. The number of hydrogen-bond acceptors (Lipinski definition) is 1. The molecule has 1 nitrogen and oxygen atoms in total. The summed E-state index contributed by atoms with van der Waals surface area (Å²) in [7, 11) is 2.04. The molecule has 0 aromatic heterocycles. The number of nitrogens with one attached hydrogen (secondary N) is 1. The lowest BCUT2D eigenvalue weighted by atomic mass is 9.81. The second-order valence-corrected chi connectivity index (χ2v) is 6.04. The lowest BCUT2D eigenvalue weighted by molar-refractivity contribution is 0.281. The van der Waals surface area contributed by atoms with Gasteiger partial charge in [-0.2, -0.15) is 0 Å². The van der Waals surface area contributed by atoms with Crippen molar-refractivity contribution in [3.05, 3.63) is 33.3 Å². The Labute approximate surface area is 117 Å². The summed E-state index contributed by atoms with van der Waals surface area (Å²) < 4.78 is 0.993. The molecule has 0 amide bonds. The van der Waals surface area contributed by atoms with E-state index < -0.39 is 0 Å². The molecule has 0 aliphatic heterocycles. The molecule has 1 atom stereocenters. The average Bonchev–Trinajstić information content (AvgIpc) is 2.37. The summed E-state index contributed by atoms with van der Waals surface area (Å²) in [5, 5.41) is 4.31. The summed E-state index contributed by atoms with van der Waals surface area (Å²) >= 11 is 9.91. The molecule has 1 aromatic carbocycles. The molecule has 1 aromatic rings. The molecule has 17 heavy (non-hydrogen) atoms. The molecule has 94 valence electrons. The lowest BCUT2D eigenvalue weighted by Crippen LogP contribution is -2.27. The minimum atomic E-state index is 0.389. The summed E-state index contributed by atoms with van der Waals surface area (Å²) in [6, 6.07) is 6.60. The van der Waals surface area contributed by atoms with Gasteiger partial charge < -0.3 is 5.32 Å². The van der Waals surface area contributed by atoms with Crippen LogP contribution in [0.5, 0.6) is 0 Å². The number of rotatable bonds is 3. The molecule has 0 bridgehead atoms. The number of benzene rings is 1. The lowest BCUT2D eigenvalue weighted by Gasteiger charge is -2.31. The van der Waals surface area contributed by atoms with E-state index in [1.165, 1.54) is 37.7 Å². The molecule has 2 rings (SSSR count). The SMILES string of the molecule is CNC(c1cccc(Br)c1Cl)C1CCCCC1. The van der Waals surface area contributed by atoms with Crippen molar-refractivity contribution in [3.63, 3.8) is 0 Å². The van der Waals surface area contributed by atoms with Crippen LogP contribution in [0.15, 0.2) is 22.7 Å². The number of hydrogen-bond donors (Lipinski definition) is 1. The first-order valence-electron chi connectivity index (χ1n) is 6.35. The van der Waals surface area contributed by atoms with Gasteiger partial charge >= 0.3 is 0 Å². The van der Waals surface area contributed by atoms with E-state index in [9.17, 15) is 0 Å². The Bertz CT molecular complexity index is 374. The Morgan fingerprint density at radius 2 is 2.00 bits per heavy atom. The maximum atomic E-state index is 6.40. The first-order chi connectivity index (χ1) is 8.24. The highest BCUT2D eigenvalue weighted by molar-refractivity contribution is 9.10. The fraction of sp³-hybridized carbons (Fsp3) is 0.571. The highest BCUT2D eigenvalue weighted by Gasteiger charge is 2.25. The van der Waals surface area contributed by atoms with Gasteiger partial charge in [-0.15, -0.1) is 0 Å². The van der Waals surface area contributed by atoms with E-state index in [-0.39, 0.29) is 0 Å². The molecule has 1 aliphatic rings. The zero-order chi connectivity index (χ0) is 12.3. The fourth-order valence-electron chi connectivity index (χ4n) is 2.87. The minimum absolute atomic E-state index is 0.389. The van der Waals surface area contributed by atoms with Crippen molar-refractivity contribution in [1.29, 1.82) is 0 Å². The van der Waals surface area contributed by atoms with E-state index in [1.54, 1.807) is 0 Å². The van der Waals surface area contributed by atoms with Gasteiger partial charge in [-0.25, -0.2) is 0 Å². The predicted octanol–water partition coefficient (Wildman–Crippen LogP) is 4.94. The molecule has 0 spiro atoms. The van der Waals surface area contributed by atoms with E-state index in [1.807, 2.05) is 13.1 Å². The van der Waals surface area contributed by atoms with E-state index >= 15 is 0 Å². The summed E-state index contributed by atoms with van der Waals surface area (Å²) in [5.41, 5.74) is 1.23. The van der Waals surface area contributed by atoms with Gasteiger partial charge in [0.1, 0.15) is 0 Å². The topological polar surface area (TPSA) is 12.0 Å². The third-order valence-electron chi connectivity index (χ3n) is 3.75. The maximum Gasteiger partial charge on any atom is 0.0595 e. The van der Waals surface area contributed by atoms with Crippen LogP contribution in [0.25, 0.3) is 0 Å². The van der Waals surface area contributed by atoms with Gasteiger partial charge in [0.2, 0.25) is 0 Å². The first kappa shape index (κ1) is 13.4. The maximum absolute atomic E-state index is 6.40. The van der Waals surface area contributed by atoms with Crippen LogP contribution in [-0.2, 0) is 0 Å². The van der Waals surface area contributed by atoms with Crippen LogP contribution in [-0.4, -0.2) is 7.05 Å². The highest BCUT2D eigenvalue weighted by atomic mass is 79.9. The molecule has 1 unspecified atom stereocenters. The normalized spacial score (nSPS) is 19.2. The monoisotopic (exact) mass is 315 g/mol. The van der Waals surface area contributed by atoms with Crippen LogP contribution in [0.4, 0.5) is 0 Å². The van der Waals surface area contributed by atoms with E-state index in [0.29, 0.717) is 6.04 Å². The van der Waals surface area contributed by atoms with Crippen LogP contribution in [0.2, 0.25) is 5.02 Å². The smallest absolute Gasteiger partial charge is 0.0595 e. The van der Waals surface area contributed by atoms with Crippen molar-refractivity contribution >= 4 is 27.5 Å².